The number of nitrogens with one attached hydrogen (secondary N) is 4. The van der Waals surface area contributed by atoms with E-state index in [2.05, 4.69) is 35.1 Å². The predicted octanol–water partition coefficient (Wildman–Crippen LogP) is 3.22. The molecule has 0 unspecified atom stereocenters. The number of likely N-dealkylation sites (tertiary alicyclic amines) is 1. The first-order valence-corrected chi connectivity index (χ1v) is 21.5. The van der Waals surface area contributed by atoms with Crippen molar-refractivity contribution < 1.29 is 32.4 Å². The van der Waals surface area contributed by atoms with E-state index in [4.69, 9.17) is 0 Å². The van der Waals surface area contributed by atoms with Crippen molar-refractivity contribution in [1.82, 2.24) is 30.5 Å². The van der Waals surface area contributed by atoms with Crippen molar-refractivity contribution in [3.8, 4) is 0 Å². The fourth-order valence-corrected chi connectivity index (χ4v) is 10.9. The van der Waals surface area contributed by atoms with E-state index in [1.165, 1.54) is 18.4 Å². The summed E-state index contributed by atoms with van der Waals surface area (Å²) in [5.41, 5.74) is -1.72. The van der Waals surface area contributed by atoms with Gasteiger partial charge in [0.15, 0.2) is 0 Å². The van der Waals surface area contributed by atoms with Crippen molar-refractivity contribution in [1.29, 1.82) is 0 Å². The zero-order valence-electron chi connectivity index (χ0n) is 31.9. The van der Waals surface area contributed by atoms with Crippen LogP contribution in [0.1, 0.15) is 124 Å². The van der Waals surface area contributed by atoms with Crippen molar-refractivity contribution in [3.63, 3.8) is 0 Å². The smallest absolute Gasteiger partial charge is 0.315 e. The summed E-state index contributed by atoms with van der Waals surface area (Å²) in [7, 11) is -0.643. The Bertz CT molecular complexity index is 1510. The number of hydrogen-bond acceptors (Lipinski definition) is 7. The Morgan fingerprint density at radius 2 is 1.46 bits per heavy atom. The molecule has 0 aromatic rings. The van der Waals surface area contributed by atoms with Gasteiger partial charge in [0, 0.05) is 26.7 Å². The number of sulfonamides is 1. The van der Waals surface area contributed by atoms with Gasteiger partial charge in [-0.1, -0.05) is 72.1 Å². The highest BCUT2D eigenvalue weighted by atomic mass is 32.2. The first-order chi connectivity index (χ1) is 24.5. The van der Waals surface area contributed by atoms with Crippen LogP contribution in [0.2, 0.25) is 0 Å². The fourth-order valence-electron chi connectivity index (χ4n) is 9.56. The average molecular weight is 747 g/mol. The van der Waals surface area contributed by atoms with E-state index < -0.39 is 62.7 Å². The van der Waals surface area contributed by atoms with Crippen molar-refractivity contribution in [2.45, 2.75) is 153 Å². The largest absolute Gasteiger partial charge is 0.347 e. The highest BCUT2D eigenvalue weighted by Gasteiger charge is 2.70. The van der Waals surface area contributed by atoms with Gasteiger partial charge in [-0.05, 0) is 80.0 Å². The second-order valence-corrected chi connectivity index (χ2v) is 20.4. The monoisotopic (exact) mass is 746 g/mol. The van der Waals surface area contributed by atoms with Crippen LogP contribution in [0.5, 0.6) is 0 Å². The van der Waals surface area contributed by atoms with Crippen molar-refractivity contribution >= 4 is 39.6 Å². The highest BCUT2D eigenvalue weighted by molar-refractivity contribution is 7.89. The average Bonchev–Trinajstić information content (AvgIpc) is 4.04. The number of nitrogens with zero attached hydrogens (tertiary/aromatic N) is 2. The third-order valence-corrected chi connectivity index (χ3v) is 15.5. The van der Waals surface area contributed by atoms with Gasteiger partial charge in [-0.3, -0.25) is 19.2 Å². The van der Waals surface area contributed by atoms with E-state index in [1.807, 2.05) is 6.92 Å². The van der Waals surface area contributed by atoms with Crippen LogP contribution in [0.4, 0.5) is 4.79 Å². The normalized spacial score (nSPS) is 28.6. The molecule has 4 N–H and O–H groups in total. The third-order valence-electron chi connectivity index (χ3n) is 13.5. The lowest BCUT2D eigenvalue weighted by Crippen LogP contribution is -2.65. The number of fused-ring (bicyclic) bond motifs is 1. The van der Waals surface area contributed by atoms with E-state index in [0.717, 1.165) is 83.5 Å². The van der Waals surface area contributed by atoms with Gasteiger partial charge >= 0.3 is 6.03 Å². The third kappa shape index (κ3) is 8.47. The molecule has 52 heavy (non-hydrogen) atoms. The molecule has 14 heteroatoms. The van der Waals surface area contributed by atoms with Gasteiger partial charge < -0.3 is 26.2 Å². The predicted molar refractivity (Wildman–Crippen MR) is 196 cm³/mol. The minimum atomic E-state index is -3.63. The zero-order chi connectivity index (χ0) is 37.6. The van der Waals surface area contributed by atoms with Crippen molar-refractivity contribution in [2.24, 2.45) is 28.6 Å². The van der Waals surface area contributed by atoms with Crippen LogP contribution in [-0.2, 0) is 29.2 Å². The Labute approximate surface area is 309 Å². The summed E-state index contributed by atoms with van der Waals surface area (Å²) in [6.07, 6.45) is 12.9. The molecule has 6 rings (SSSR count). The second-order valence-electron chi connectivity index (χ2n) is 18.2. The molecule has 1 saturated heterocycles. The van der Waals surface area contributed by atoms with Gasteiger partial charge in [-0.2, -0.15) is 0 Å². The summed E-state index contributed by atoms with van der Waals surface area (Å²) in [5, 5.41) is 11.8. The SMILES string of the molecule is CN(C)S(=O)(=O)CC1(NC(=O)N[C@H](C(=O)N2C[C@H]3[C@@H]([C@H]2C(=O)N[C@@H](CCC2CC2)C(=O)C(=O)NC2CC2)C3(C)C)C2(C)CCCCC2)CCCCC1. The maximum atomic E-state index is 14.9. The standard InChI is InChI=1S/C38H62N6O7S/c1-36(2)26-22-44(29(28(26)36)32(46)40-27(17-14-24-12-13-24)30(45)33(47)39-25-15-16-25)34(48)31(37(3)18-8-6-9-19-37)41-35(49)42-38(20-10-7-11-21-38)23-52(50,51)43(4)5/h24-29,31H,6-23H2,1-5H3,(H,39,47)(H,40,46)(H2,41,42,49)/t26-,27-,28-,29-,31+/m0/s1. The number of urea groups is 1. The second kappa shape index (κ2) is 14.8. The summed E-state index contributed by atoms with van der Waals surface area (Å²) in [5.74, 6) is -1.81. The summed E-state index contributed by atoms with van der Waals surface area (Å²) in [6, 6.07) is -3.30. The maximum Gasteiger partial charge on any atom is 0.315 e. The molecule has 0 bridgehead atoms. The van der Waals surface area contributed by atoms with Crippen molar-refractivity contribution in [3.05, 3.63) is 0 Å². The lowest BCUT2D eigenvalue weighted by molar-refractivity contribution is -0.146. The summed E-state index contributed by atoms with van der Waals surface area (Å²) in [6.45, 7) is 6.58. The Morgan fingerprint density at radius 3 is 2.04 bits per heavy atom. The van der Waals surface area contributed by atoms with Gasteiger partial charge in [-0.15, -0.1) is 0 Å². The lowest BCUT2D eigenvalue weighted by Gasteiger charge is -2.44. The van der Waals surface area contributed by atoms with Crippen LogP contribution in [0.3, 0.4) is 0 Å². The number of amides is 5. The molecule has 1 heterocycles. The van der Waals surface area contributed by atoms with Crippen LogP contribution in [0.15, 0.2) is 0 Å². The molecule has 5 atom stereocenters. The Kier molecular flexibility index (Phi) is 11.1. The van der Waals surface area contributed by atoms with Crippen LogP contribution < -0.4 is 21.3 Å². The molecule has 0 spiro atoms. The minimum absolute atomic E-state index is 0.0142. The molecule has 5 amide bonds. The molecule has 6 aliphatic rings. The molecule has 0 aromatic heterocycles. The van der Waals surface area contributed by atoms with Gasteiger partial charge in [0.2, 0.25) is 27.6 Å². The fraction of sp³-hybridized carbons (Fsp3) is 0.868. The molecule has 292 valence electrons. The highest BCUT2D eigenvalue weighted by Crippen LogP contribution is 2.65. The molecule has 5 aliphatic carbocycles. The van der Waals surface area contributed by atoms with Gasteiger partial charge in [-0.25, -0.2) is 17.5 Å². The van der Waals surface area contributed by atoms with Crippen molar-refractivity contribution in [2.75, 3.05) is 26.4 Å². The number of rotatable bonds is 15. The Balaban J connectivity index is 1.23. The zero-order valence-corrected chi connectivity index (χ0v) is 32.7. The number of carbonyl (C=O) groups is 5. The quantitative estimate of drug-likeness (QED) is 0.186. The molecule has 0 radical (unpaired) electrons. The minimum Gasteiger partial charge on any atom is -0.347 e. The number of hydrogen-bond donors (Lipinski definition) is 4. The number of carbonyl (C=O) groups excluding carboxylic acids is 5. The summed E-state index contributed by atoms with van der Waals surface area (Å²) >= 11 is 0. The summed E-state index contributed by atoms with van der Waals surface area (Å²) < 4.78 is 27.3. The first-order valence-electron chi connectivity index (χ1n) is 19.9. The topological polar surface area (TPSA) is 174 Å². The first kappa shape index (κ1) is 39.0. The molecule has 0 aromatic carbocycles. The van der Waals surface area contributed by atoms with Crippen LogP contribution in [-0.4, -0.2) is 103 Å². The molecule has 5 saturated carbocycles. The summed E-state index contributed by atoms with van der Waals surface area (Å²) in [4.78, 5) is 71.2. The Hall–Kier alpha value is -2.74. The number of Topliss-reactive ketones (excluding diaryl/α,β-unsaturated/α-hetero) is 1. The van der Waals surface area contributed by atoms with Crippen LogP contribution in [0.25, 0.3) is 0 Å². The van der Waals surface area contributed by atoms with Gasteiger partial charge in [0.25, 0.3) is 5.91 Å². The van der Waals surface area contributed by atoms with E-state index in [9.17, 15) is 32.4 Å². The lowest BCUT2D eigenvalue weighted by atomic mass is 9.70. The van der Waals surface area contributed by atoms with Crippen LogP contribution >= 0.6 is 0 Å². The van der Waals surface area contributed by atoms with E-state index in [0.29, 0.717) is 31.7 Å². The van der Waals surface area contributed by atoms with Gasteiger partial charge in [0.05, 0.1) is 17.3 Å². The number of piperidine rings is 1. The van der Waals surface area contributed by atoms with E-state index >= 15 is 0 Å². The molecular formula is C38H62N6O7S. The Morgan fingerprint density at radius 1 is 0.846 bits per heavy atom. The molecule has 1 aliphatic heterocycles. The number of ketones is 1. The maximum absolute atomic E-state index is 14.9. The molecule has 13 nitrogen and oxygen atoms in total. The van der Waals surface area contributed by atoms with E-state index in [1.54, 1.807) is 4.90 Å². The molecule has 6 fully saturated rings. The molecular weight excluding hydrogens is 685 g/mol. The van der Waals surface area contributed by atoms with Gasteiger partial charge in [0.1, 0.15) is 12.1 Å². The van der Waals surface area contributed by atoms with E-state index in [-0.39, 0.29) is 35.0 Å². The van der Waals surface area contributed by atoms with Crippen LogP contribution in [0, 0.1) is 28.6 Å².